The molecule has 0 N–H and O–H groups in total. The van der Waals surface area contributed by atoms with E-state index in [1.807, 2.05) is 0 Å². The third-order valence-corrected chi connectivity index (χ3v) is 12.2. The summed E-state index contributed by atoms with van der Waals surface area (Å²) in [5, 5.41) is 10.1. The summed E-state index contributed by atoms with van der Waals surface area (Å²) in [4.78, 5) is 2.44. The van der Waals surface area contributed by atoms with E-state index >= 15 is 0 Å². The van der Waals surface area contributed by atoms with Crippen LogP contribution < -0.4 is 4.90 Å². The third kappa shape index (κ3) is 4.87. The van der Waals surface area contributed by atoms with Gasteiger partial charge >= 0.3 is 0 Å². The van der Waals surface area contributed by atoms with Crippen molar-refractivity contribution in [3.8, 4) is 33.4 Å². The second kappa shape index (κ2) is 12.5. The number of anilines is 3. The summed E-state index contributed by atoms with van der Waals surface area (Å²) in [6.07, 6.45) is 0. The standard InChI is InChI=1S/C55H39N/c1-55(2)49-27-10-20-40-32-35-47(46-25-9-17-36-14-3-6-21-42(36)46)53(52(40)49)48-26-13-24-45(54(48)55)39-30-33-41(34-31-39)56(50-28-11-18-37-15-4-7-22-43(37)50)51-29-12-19-38-16-5-8-23-44(38)51/h3-35H,1-2H3. The molecule has 10 aromatic carbocycles. The van der Waals surface area contributed by atoms with Crippen LogP contribution in [-0.2, 0) is 5.41 Å². The van der Waals surface area contributed by atoms with Crippen LogP contribution in [0.2, 0.25) is 0 Å². The fourth-order valence-electron chi connectivity index (χ4n) is 9.68. The highest BCUT2D eigenvalue weighted by molar-refractivity contribution is 6.13. The Kier molecular flexibility index (Phi) is 7.28. The number of rotatable bonds is 5. The van der Waals surface area contributed by atoms with Gasteiger partial charge in [0.1, 0.15) is 0 Å². The van der Waals surface area contributed by atoms with Crippen LogP contribution in [0.4, 0.5) is 17.1 Å². The van der Waals surface area contributed by atoms with Crippen molar-refractivity contribution in [3.63, 3.8) is 0 Å². The van der Waals surface area contributed by atoms with E-state index in [4.69, 9.17) is 0 Å². The molecular weight excluding hydrogens is 675 g/mol. The minimum absolute atomic E-state index is 0.230. The molecule has 0 saturated heterocycles. The summed E-state index contributed by atoms with van der Waals surface area (Å²) in [6, 6.07) is 73.9. The fourth-order valence-corrected chi connectivity index (χ4v) is 9.68. The van der Waals surface area contributed by atoms with Gasteiger partial charge in [0.25, 0.3) is 0 Å². The number of fused-ring (bicyclic) bond motifs is 5. The van der Waals surface area contributed by atoms with E-state index < -0.39 is 0 Å². The Morgan fingerprint density at radius 2 is 0.857 bits per heavy atom. The van der Waals surface area contributed by atoms with Gasteiger partial charge in [-0.3, -0.25) is 0 Å². The molecule has 11 rings (SSSR count). The Hall–Kier alpha value is -6.96. The summed E-state index contributed by atoms with van der Waals surface area (Å²) in [5.41, 5.74) is 13.7. The predicted octanol–water partition coefficient (Wildman–Crippen LogP) is 15.4. The molecule has 0 unspecified atom stereocenters. The van der Waals surface area contributed by atoms with Gasteiger partial charge in [-0.05, 0) is 101 Å². The van der Waals surface area contributed by atoms with Gasteiger partial charge in [-0.25, -0.2) is 0 Å². The van der Waals surface area contributed by atoms with E-state index in [-0.39, 0.29) is 5.41 Å². The zero-order valence-corrected chi connectivity index (χ0v) is 31.5. The average molecular weight is 714 g/mol. The maximum Gasteiger partial charge on any atom is 0.0540 e. The molecule has 1 aliphatic rings. The molecule has 0 spiro atoms. The molecule has 0 heterocycles. The van der Waals surface area contributed by atoms with Crippen molar-refractivity contribution in [2.45, 2.75) is 19.3 Å². The Morgan fingerprint density at radius 1 is 0.357 bits per heavy atom. The van der Waals surface area contributed by atoms with Gasteiger partial charge in [-0.2, -0.15) is 0 Å². The van der Waals surface area contributed by atoms with E-state index in [1.54, 1.807) is 0 Å². The quantitative estimate of drug-likeness (QED) is 0.172. The molecule has 264 valence electrons. The molecule has 56 heavy (non-hydrogen) atoms. The molecule has 1 aliphatic carbocycles. The Bertz CT molecular complexity index is 3070. The summed E-state index contributed by atoms with van der Waals surface area (Å²) < 4.78 is 0. The van der Waals surface area contributed by atoms with Crippen molar-refractivity contribution in [2.75, 3.05) is 4.90 Å². The normalized spacial score (nSPS) is 13.0. The van der Waals surface area contributed by atoms with Gasteiger partial charge in [0.05, 0.1) is 11.4 Å². The van der Waals surface area contributed by atoms with E-state index in [2.05, 4.69) is 219 Å². The van der Waals surface area contributed by atoms with Crippen molar-refractivity contribution >= 4 is 60.2 Å². The summed E-state index contributed by atoms with van der Waals surface area (Å²) in [5.74, 6) is 0. The second-order valence-electron chi connectivity index (χ2n) is 15.7. The van der Waals surface area contributed by atoms with E-state index in [1.165, 1.54) is 87.6 Å². The number of hydrogen-bond donors (Lipinski definition) is 0. The van der Waals surface area contributed by atoms with Gasteiger partial charge in [-0.15, -0.1) is 0 Å². The van der Waals surface area contributed by atoms with Crippen molar-refractivity contribution in [1.29, 1.82) is 0 Å². The zero-order valence-electron chi connectivity index (χ0n) is 31.5. The predicted molar refractivity (Wildman–Crippen MR) is 240 cm³/mol. The van der Waals surface area contributed by atoms with Gasteiger partial charge in [0.2, 0.25) is 0 Å². The molecule has 0 aromatic heterocycles. The zero-order chi connectivity index (χ0) is 37.4. The molecular formula is C55H39N. The highest BCUT2D eigenvalue weighted by atomic mass is 15.1. The lowest BCUT2D eigenvalue weighted by molar-refractivity contribution is 0.647. The monoisotopic (exact) mass is 713 g/mol. The minimum atomic E-state index is -0.230. The van der Waals surface area contributed by atoms with Crippen LogP contribution in [0.3, 0.4) is 0 Å². The van der Waals surface area contributed by atoms with Crippen molar-refractivity contribution < 1.29 is 0 Å². The van der Waals surface area contributed by atoms with Crippen LogP contribution >= 0.6 is 0 Å². The maximum absolute atomic E-state index is 2.44. The van der Waals surface area contributed by atoms with E-state index in [0.717, 1.165) is 17.1 Å². The van der Waals surface area contributed by atoms with Crippen LogP contribution in [0.15, 0.2) is 200 Å². The molecule has 0 bridgehead atoms. The van der Waals surface area contributed by atoms with Crippen molar-refractivity contribution in [1.82, 2.24) is 0 Å². The first-order valence-corrected chi connectivity index (χ1v) is 19.6. The first-order valence-electron chi connectivity index (χ1n) is 19.6. The lowest BCUT2D eigenvalue weighted by atomic mass is 9.65. The maximum atomic E-state index is 2.44. The molecule has 0 fully saturated rings. The molecule has 1 nitrogen and oxygen atoms in total. The molecule has 0 radical (unpaired) electrons. The number of benzene rings is 10. The number of nitrogens with zero attached hydrogens (tertiary/aromatic N) is 1. The molecule has 0 atom stereocenters. The summed E-state index contributed by atoms with van der Waals surface area (Å²) in [6.45, 7) is 4.82. The lowest BCUT2D eigenvalue weighted by Gasteiger charge is -2.38. The first kappa shape index (κ1) is 32.5. The van der Waals surface area contributed by atoms with Crippen molar-refractivity contribution in [3.05, 3.63) is 211 Å². The largest absolute Gasteiger partial charge is 0.309 e. The van der Waals surface area contributed by atoms with E-state index in [0.29, 0.717) is 0 Å². The molecule has 10 aromatic rings. The number of hydrogen-bond acceptors (Lipinski definition) is 1. The van der Waals surface area contributed by atoms with Gasteiger partial charge in [0, 0.05) is 21.9 Å². The van der Waals surface area contributed by atoms with Gasteiger partial charge in [-0.1, -0.05) is 190 Å². The average Bonchev–Trinajstić information content (AvgIpc) is 3.25. The summed E-state index contributed by atoms with van der Waals surface area (Å²) in [7, 11) is 0. The highest BCUT2D eigenvalue weighted by Crippen LogP contribution is 2.55. The van der Waals surface area contributed by atoms with Crippen LogP contribution in [0.25, 0.3) is 76.5 Å². The fraction of sp³-hybridized carbons (Fsp3) is 0.0545. The SMILES string of the molecule is CC1(C)c2c(-c3ccc(N(c4cccc5ccccc45)c4cccc5ccccc45)cc3)cccc2-c2c(-c3cccc4ccccc34)ccc3cccc1c23. The van der Waals surface area contributed by atoms with Crippen LogP contribution in [0, 0.1) is 0 Å². The smallest absolute Gasteiger partial charge is 0.0540 e. The first-order chi connectivity index (χ1) is 27.6. The van der Waals surface area contributed by atoms with E-state index in [9.17, 15) is 0 Å². The molecule has 1 heteroatoms. The van der Waals surface area contributed by atoms with Gasteiger partial charge in [0.15, 0.2) is 0 Å². The van der Waals surface area contributed by atoms with Crippen LogP contribution in [0.1, 0.15) is 25.0 Å². The highest BCUT2D eigenvalue weighted by Gasteiger charge is 2.37. The second-order valence-corrected chi connectivity index (χ2v) is 15.7. The molecule has 0 amide bonds. The Labute approximate surface area is 327 Å². The summed E-state index contributed by atoms with van der Waals surface area (Å²) >= 11 is 0. The lowest BCUT2D eigenvalue weighted by Crippen LogP contribution is -2.25. The Balaban J connectivity index is 1.12. The van der Waals surface area contributed by atoms with Crippen LogP contribution in [-0.4, -0.2) is 0 Å². The topological polar surface area (TPSA) is 3.24 Å². The van der Waals surface area contributed by atoms with Crippen molar-refractivity contribution in [2.24, 2.45) is 0 Å². The molecule has 0 aliphatic heterocycles. The van der Waals surface area contributed by atoms with Crippen LogP contribution in [0.5, 0.6) is 0 Å². The molecule has 0 saturated carbocycles. The minimum Gasteiger partial charge on any atom is -0.309 e. The third-order valence-electron chi connectivity index (χ3n) is 12.2. The van der Waals surface area contributed by atoms with Gasteiger partial charge < -0.3 is 4.90 Å². The Morgan fingerprint density at radius 3 is 1.54 bits per heavy atom.